The normalized spacial score (nSPS) is 24.2. The predicted molar refractivity (Wildman–Crippen MR) is 212 cm³/mol. The molecule has 51 heavy (non-hydrogen) atoms. The van der Waals surface area contributed by atoms with Gasteiger partial charge in [-0.1, -0.05) is 127 Å². The van der Waals surface area contributed by atoms with Gasteiger partial charge in [0.15, 0.2) is 0 Å². The third kappa shape index (κ3) is 3.82. The zero-order valence-corrected chi connectivity index (χ0v) is 28.7. The highest BCUT2D eigenvalue weighted by Crippen LogP contribution is 2.69. The van der Waals surface area contributed by atoms with Crippen molar-refractivity contribution in [2.75, 3.05) is 0 Å². The van der Waals surface area contributed by atoms with E-state index in [1.807, 2.05) is 0 Å². The zero-order chi connectivity index (χ0) is 33.3. The van der Waals surface area contributed by atoms with Gasteiger partial charge in [-0.25, -0.2) is 0 Å². The van der Waals surface area contributed by atoms with Crippen LogP contribution in [0.5, 0.6) is 0 Å². The number of rotatable bonds is 3. The fourth-order valence-electron chi connectivity index (χ4n) is 12.0. The number of aromatic nitrogens is 1. The molecule has 1 heteroatoms. The molecule has 0 amide bonds. The fraction of sp³-hybridized carbons (Fsp3) is 0.200. The molecule has 244 valence electrons. The molecule has 5 aliphatic rings. The average Bonchev–Trinajstić information content (AvgIpc) is 3.67. The molecule has 8 aromatic rings. The minimum Gasteiger partial charge on any atom is -0.309 e. The summed E-state index contributed by atoms with van der Waals surface area (Å²) in [5.74, 6) is 3.49. The van der Waals surface area contributed by atoms with Gasteiger partial charge < -0.3 is 4.57 Å². The van der Waals surface area contributed by atoms with Crippen LogP contribution in [0.25, 0.3) is 71.6 Å². The van der Waals surface area contributed by atoms with Gasteiger partial charge in [0.25, 0.3) is 0 Å². The molecule has 0 radical (unpaired) electrons. The monoisotopic (exact) mass is 653 g/mol. The van der Waals surface area contributed by atoms with Gasteiger partial charge in [-0.05, 0) is 130 Å². The lowest BCUT2D eigenvalue weighted by molar-refractivity contribution is -0.0399. The Morgan fingerprint density at radius 1 is 0.431 bits per heavy atom. The molecule has 5 aliphatic carbocycles. The molecule has 0 aliphatic heterocycles. The van der Waals surface area contributed by atoms with Gasteiger partial charge in [0.05, 0.1) is 11.0 Å². The van der Waals surface area contributed by atoms with E-state index in [1.54, 1.807) is 11.1 Å². The number of hydrogen-bond donors (Lipinski definition) is 0. The van der Waals surface area contributed by atoms with Gasteiger partial charge in [-0.3, -0.25) is 0 Å². The summed E-state index contributed by atoms with van der Waals surface area (Å²) in [6.07, 6.45) is 7.17. The van der Waals surface area contributed by atoms with Crippen molar-refractivity contribution in [2.24, 2.45) is 23.7 Å². The lowest BCUT2D eigenvalue weighted by Crippen LogP contribution is -2.55. The maximum absolute atomic E-state index is 2.56. The summed E-state index contributed by atoms with van der Waals surface area (Å²) in [5, 5.41) is 5.15. The number of nitrogens with zero attached hydrogens (tertiary/aromatic N) is 1. The van der Waals surface area contributed by atoms with E-state index in [9.17, 15) is 0 Å². The molecule has 4 fully saturated rings. The number of hydrogen-bond acceptors (Lipinski definition) is 0. The predicted octanol–water partition coefficient (Wildman–Crippen LogP) is 13.0. The highest BCUT2D eigenvalue weighted by molar-refractivity contribution is 6.19. The largest absolute Gasteiger partial charge is 0.309 e. The smallest absolute Gasteiger partial charge is 0.0619 e. The van der Waals surface area contributed by atoms with Crippen LogP contribution in [0.2, 0.25) is 0 Å². The van der Waals surface area contributed by atoms with E-state index in [-0.39, 0.29) is 5.41 Å². The molecule has 1 aromatic heterocycles. The second kappa shape index (κ2) is 10.3. The van der Waals surface area contributed by atoms with E-state index < -0.39 is 0 Å². The van der Waals surface area contributed by atoms with Crippen LogP contribution < -0.4 is 0 Å². The Kier molecular flexibility index (Phi) is 5.73. The third-order valence-electron chi connectivity index (χ3n) is 13.8. The summed E-state index contributed by atoms with van der Waals surface area (Å²) in [7, 11) is 0. The SMILES string of the molecule is c1ccc(-c2cccc(-n3c4cc(-c5ccc6c(c5)-c5ccccc5C65C6CC7CC(C6)CC5C7)ccc4c4ccc5ccccc5c43)c2)cc1. The van der Waals surface area contributed by atoms with Crippen LogP contribution in [-0.2, 0) is 5.41 Å². The first kappa shape index (κ1) is 28.3. The van der Waals surface area contributed by atoms with Crippen molar-refractivity contribution in [1.29, 1.82) is 0 Å². The van der Waals surface area contributed by atoms with Gasteiger partial charge in [0.1, 0.15) is 0 Å². The summed E-state index contributed by atoms with van der Waals surface area (Å²) in [6.45, 7) is 0. The topological polar surface area (TPSA) is 4.93 Å². The molecule has 4 bridgehead atoms. The second-order valence-corrected chi connectivity index (χ2v) is 16.1. The van der Waals surface area contributed by atoms with Crippen LogP contribution in [0.1, 0.15) is 43.2 Å². The van der Waals surface area contributed by atoms with E-state index in [2.05, 4.69) is 156 Å². The molecule has 0 unspecified atom stereocenters. The van der Waals surface area contributed by atoms with E-state index in [4.69, 9.17) is 0 Å². The lowest BCUT2D eigenvalue weighted by Gasteiger charge is -2.61. The standard InChI is InChI=1S/C50H39N/c1-2-9-33(10-3-1)35-12-8-13-40(28-35)51-48-30-37(18-20-43(48)44-21-17-34-11-4-5-14-41(34)49(44)51)36-19-22-47-45(29-36)42-15-6-7-16-46(42)50(47)38-24-31-23-32(26-38)27-39(50)25-31/h1-22,28-32,38-39H,23-27H2. The van der Waals surface area contributed by atoms with Gasteiger partial charge in [-0.2, -0.15) is 0 Å². The molecule has 0 saturated heterocycles. The van der Waals surface area contributed by atoms with Crippen molar-refractivity contribution in [3.8, 4) is 39.1 Å². The molecule has 1 heterocycles. The van der Waals surface area contributed by atoms with Crippen LogP contribution in [-0.4, -0.2) is 4.57 Å². The molecule has 1 spiro atoms. The Balaban J connectivity index is 1.07. The van der Waals surface area contributed by atoms with Gasteiger partial charge >= 0.3 is 0 Å². The maximum atomic E-state index is 2.56. The molecule has 13 rings (SSSR count). The van der Waals surface area contributed by atoms with Crippen LogP contribution in [0.4, 0.5) is 0 Å². The lowest BCUT2D eigenvalue weighted by atomic mass is 9.43. The van der Waals surface area contributed by atoms with Crippen molar-refractivity contribution in [3.63, 3.8) is 0 Å². The van der Waals surface area contributed by atoms with Crippen molar-refractivity contribution < 1.29 is 0 Å². The Hall–Kier alpha value is -5.40. The van der Waals surface area contributed by atoms with Gasteiger partial charge in [0.2, 0.25) is 0 Å². The van der Waals surface area contributed by atoms with E-state index >= 15 is 0 Å². The van der Waals surface area contributed by atoms with Crippen molar-refractivity contribution in [2.45, 2.75) is 37.5 Å². The molecule has 4 saturated carbocycles. The zero-order valence-electron chi connectivity index (χ0n) is 28.7. The first-order valence-corrected chi connectivity index (χ1v) is 19.1. The minimum atomic E-state index is 0.207. The minimum absolute atomic E-state index is 0.207. The van der Waals surface area contributed by atoms with Crippen molar-refractivity contribution >= 4 is 32.6 Å². The molecule has 0 N–H and O–H groups in total. The van der Waals surface area contributed by atoms with E-state index in [0.29, 0.717) is 0 Å². The Morgan fingerprint density at radius 3 is 1.96 bits per heavy atom. The highest BCUT2D eigenvalue weighted by atomic mass is 15.0. The van der Waals surface area contributed by atoms with Crippen LogP contribution >= 0.6 is 0 Å². The van der Waals surface area contributed by atoms with Crippen LogP contribution in [0.15, 0.2) is 152 Å². The second-order valence-electron chi connectivity index (χ2n) is 16.1. The van der Waals surface area contributed by atoms with Crippen molar-refractivity contribution in [3.05, 3.63) is 163 Å². The Bertz CT molecular complexity index is 2680. The molecule has 1 nitrogen and oxygen atoms in total. The fourth-order valence-corrected chi connectivity index (χ4v) is 12.0. The van der Waals surface area contributed by atoms with Crippen molar-refractivity contribution in [1.82, 2.24) is 4.57 Å². The van der Waals surface area contributed by atoms with Crippen LogP contribution in [0.3, 0.4) is 0 Å². The number of benzene rings is 7. The average molecular weight is 654 g/mol. The molecular weight excluding hydrogens is 615 g/mol. The van der Waals surface area contributed by atoms with Crippen LogP contribution in [0, 0.1) is 23.7 Å². The summed E-state index contributed by atoms with van der Waals surface area (Å²) in [5.41, 5.74) is 15.2. The quantitative estimate of drug-likeness (QED) is 0.179. The van der Waals surface area contributed by atoms with Gasteiger partial charge in [-0.15, -0.1) is 0 Å². The maximum Gasteiger partial charge on any atom is 0.0619 e. The summed E-state index contributed by atoms with van der Waals surface area (Å²) >= 11 is 0. The van der Waals surface area contributed by atoms with E-state index in [1.165, 1.54) is 104 Å². The summed E-state index contributed by atoms with van der Waals surface area (Å²) in [4.78, 5) is 0. The molecule has 7 aromatic carbocycles. The molecule has 0 atom stereocenters. The summed E-state index contributed by atoms with van der Waals surface area (Å²) < 4.78 is 2.52. The van der Waals surface area contributed by atoms with E-state index in [0.717, 1.165) is 23.7 Å². The third-order valence-corrected chi connectivity index (χ3v) is 13.8. The first-order chi connectivity index (χ1) is 25.2. The Labute approximate surface area is 299 Å². The Morgan fingerprint density at radius 2 is 1.10 bits per heavy atom. The highest BCUT2D eigenvalue weighted by Gasteiger charge is 2.61. The van der Waals surface area contributed by atoms with Gasteiger partial charge in [0, 0.05) is 27.3 Å². The molecular formula is C50H39N. The summed E-state index contributed by atoms with van der Waals surface area (Å²) in [6, 6.07) is 57.5. The first-order valence-electron chi connectivity index (χ1n) is 19.1. The number of fused-ring (bicyclic) bond motifs is 8.